The van der Waals surface area contributed by atoms with Gasteiger partial charge in [-0.1, -0.05) is 0 Å². The molecule has 1 aromatic carbocycles. The van der Waals surface area contributed by atoms with Gasteiger partial charge in [0.15, 0.2) is 0 Å². The predicted octanol–water partition coefficient (Wildman–Crippen LogP) is 2.86. The zero-order valence-electron chi connectivity index (χ0n) is 10.8. The number of nitrogens with zero attached hydrogens (tertiary/aromatic N) is 3. The van der Waals surface area contributed by atoms with Gasteiger partial charge in [-0.25, -0.2) is 0 Å². The summed E-state index contributed by atoms with van der Waals surface area (Å²) in [7, 11) is 4.08. The zero-order chi connectivity index (χ0) is 12.5. The van der Waals surface area contributed by atoms with Crippen molar-refractivity contribution in [1.82, 2.24) is 9.38 Å². The standard InChI is InChI=1S/C15H14N3.Ir/c1-17(2)13-8-9-18-11-16-15(14(18)10-13)12-6-4-3-5-7-12;/h3-6,8-11H,1-2H3;/q-1;. The number of fused-ring (bicyclic) bond motifs is 1. The molecular formula is C15H14IrN3-. The molecule has 4 heteroatoms. The van der Waals surface area contributed by atoms with Crippen LogP contribution in [0.3, 0.4) is 0 Å². The van der Waals surface area contributed by atoms with E-state index in [1.54, 1.807) is 0 Å². The summed E-state index contributed by atoms with van der Waals surface area (Å²) >= 11 is 0. The number of rotatable bonds is 2. The van der Waals surface area contributed by atoms with Gasteiger partial charge in [0.05, 0.1) is 6.33 Å². The summed E-state index contributed by atoms with van der Waals surface area (Å²) in [5, 5.41) is 0. The third-order valence-electron chi connectivity index (χ3n) is 3.00. The normalized spacial score (nSPS) is 10.2. The molecule has 0 saturated heterocycles. The molecule has 0 amide bonds. The average molecular weight is 429 g/mol. The Kier molecular flexibility index (Phi) is 4.03. The van der Waals surface area contributed by atoms with E-state index < -0.39 is 0 Å². The van der Waals surface area contributed by atoms with Gasteiger partial charge in [0, 0.05) is 57.3 Å². The fourth-order valence-electron chi connectivity index (χ4n) is 2.00. The Labute approximate surface area is 126 Å². The topological polar surface area (TPSA) is 20.5 Å². The first-order valence-electron chi connectivity index (χ1n) is 5.87. The van der Waals surface area contributed by atoms with Crippen molar-refractivity contribution in [3.63, 3.8) is 0 Å². The number of aromatic nitrogens is 2. The minimum absolute atomic E-state index is 0. The van der Waals surface area contributed by atoms with Crippen molar-refractivity contribution in [2.24, 2.45) is 0 Å². The van der Waals surface area contributed by atoms with Gasteiger partial charge < -0.3 is 9.30 Å². The molecule has 0 spiro atoms. The first kappa shape index (κ1) is 13.8. The van der Waals surface area contributed by atoms with Crippen molar-refractivity contribution in [1.29, 1.82) is 0 Å². The van der Waals surface area contributed by atoms with Crippen molar-refractivity contribution in [2.45, 2.75) is 0 Å². The van der Waals surface area contributed by atoms with Crippen molar-refractivity contribution < 1.29 is 20.1 Å². The van der Waals surface area contributed by atoms with Crippen LogP contribution in [0.2, 0.25) is 0 Å². The smallest absolute Gasteiger partial charge is 0.0883 e. The van der Waals surface area contributed by atoms with E-state index in [4.69, 9.17) is 0 Å². The molecule has 3 rings (SSSR count). The average Bonchev–Trinajstić information content (AvgIpc) is 2.82. The van der Waals surface area contributed by atoms with Crippen LogP contribution >= 0.6 is 0 Å². The quantitative estimate of drug-likeness (QED) is 0.585. The van der Waals surface area contributed by atoms with E-state index in [0.717, 1.165) is 16.8 Å². The third kappa shape index (κ3) is 2.55. The molecule has 0 saturated carbocycles. The molecule has 0 bridgehead atoms. The maximum Gasteiger partial charge on any atom is 0.0883 e. The van der Waals surface area contributed by atoms with Crippen LogP contribution in [-0.2, 0) is 20.1 Å². The molecule has 99 valence electrons. The third-order valence-corrected chi connectivity index (χ3v) is 3.00. The summed E-state index contributed by atoms with van der Waals surface area (Å²) in [4.78, 5) is 6.57. The van der Waals surface area contributed by atoms with Crippen molar-refractivity contribution >= 4 is 11.2 Å². The van der Waals surface area contributed by atoms with E-state index >= 15 is 0 Å². The van der Waals surface area contributed by atoms with Gasteiger partial charge >= 0.3 is 0 Å². The summed E-state index contributed by atoms with van der Waals surface area (Å²) in [5.41, 5.74) is 4.26. The Hall–Kier alpha value is -1.64. The van der Waals surface area contributed by atoms with Gasteiger partial charge in [-0.3, -0.25) is 4.98 Å². The van der Waals surface area contributed by atoms with E-state index in [1.165, 1.54) is 5.69 Å². The molecule has 3 aromatic rings. The predicted molar refractivity (Wildman–Crippen MR) is 73.8 cm³/mol. The number of hydrogen-bond acceptors (Lipinski definition) is 2. The molecule has 19 heavy (non-hydrogen) atoms. The number of anilines is 1. The molecule has 0 atom stereocenters. The maximum atomic E-state index is 4.48. The van der Waals surface area contributed by atoms with Crippen LogP contribution in [-0.4, -0.2) is 23.5 Å². The van der Waals surface area contributed by atoms with Gasteiger partial charge in [0.2, 0.25) is 0 Å². The van der Waals surface area contributed by atoms with Crippen LogP contribution in [0.1, 0.15) is 0 Å². The summed E-state index contributed by atoms with van der Waals surface area (Å²) < 4.78 is 2.03. The minimum atomic E-state index is 0. The number of hydrogen-bond donors (Lipinski definition) is 0. The molecule has 0 unspecified atom stereocenters. The van der Waals surface area contributed by atoms with E-state index in [-0.39, 0.29) is 20.1 Å². The molecule has 2 heterocycles. The largest absolute Gasteiger partial charge is 0.378 e. The van der Waals surface area contributed by atoms with Crippen molar-refractivity contribution in [2.75, 3.05) is 19.0 Å². The van der Waals surface area contributed by atoms with E-state index in [0.29, 0.717) is 0 Å². The second kappa shape index (κ2) is 5.55. The Morgan fingerprint density at radius 2 is 2.05 bits per heavy atom. The maximum absolute atomic E-state index is 4.48. The minimum Gasteiger partial charge on any atom is -0.378 e. The Morgan fingerprint density at radius 1 is 1.21 bits per heavy atom. The fraction of sp³-hybridized carbons (Fsp3) is 0.133. The molecule has 1 radical (unpaired) electrons. The first-order valence-corrected chi connectivity index (χ1v) is 5.87. The van der Waals surface area contributed by atoms with E-state index in [1.807, 2.05) is 55.3 Å². The molecule has 0 aliphatic carbocycles. The summed E-state index contributed by atoms with van der Waals surface area (Å²) in [6.07, 6.45) is 3.87. The SMILES string of the molecule is CN(C)c1ccn2cnc(-c3[c-]cccc3)c2c1.[Ir]. The van der Waals surface area contributed by atoms with Crippen LogP contribution < -0.4 is 4.90 Å². The molecular weight excluding hydrogens is 414 g/mol. The zero-order valence-corrected chi connectivity index (χ0v) is 13.2. The van der Waals surface area contributed by atoms with Crippen LogP contribution in [0.25, 0.3) is 16.8 Å². The fourth-order valence-corrected chi connectivity index (χ4v) is 2.00. The molecule has 0 fully saturated rings. The Morgan fingerprint density at radius 3 is 2.74 bits per heavy atom. The van der Waals surface area contributed by atoms with Crippen LogP contribution in [0.5, 0.6) is 0 Å². The van der Waals surface area contributed by atoms with Crippen LogP contribution in [0.4, 0.5) is 5.69 Å². The molecule has 3 nitrogen and oxygen atoms in total. The first-order chi connectivity index (χ1) is 8.75. The number of imidazole rings is 1. The molecule has 0 aliphatic heterocycles. The monoisotopic (exact) mass is 429 g/mol. The van der Waals surface area contributed by atoms with Gasteiger partial charge in [-0.2, -0.15) is 0 Å². The molecule has 0 N–H and O–H groups in total. The van der Waals surface area contributed by atoms with E-state index in [2.05, 4.69) is 28.1 Å². The van der Waals surface area contributed by atoms with Gasteiger partial charge in [0.25, 0.3) is 0 Å². The number of benzene rings is 1. The summed E-state index contributed by atoms with van der Waals surface area (Å²) in [6.45, 7) is 0. The second-order valence-electron chi connectivity index (χ2n) is 4.44. The Balaban J connectivity index is 0.00000133. The second-order valence-corrected chi connectivity index (χ2v) is 4.44. The van der Waals surface area contributed by atoms with Crippen LogP contribution in [0.15, 0.2) is 48.9 Å². The summed E-state index contributed by atoms with van der Waals surface area (Å²) in [6, 6.07) is 15.4. The van der Waals surface area contributed by atoms with Gasteiger partial charge in [0.1, 0.15) is 0 Å². The Bertz CT molecular complexity index is 674. The molecule has 0 aliphatic rings. The van der Waals surface area contributed by atoms with Gasteiger partial charge in [-0.15, -0.1) is 35.9 Å². The molecule has 2 aromatic heterocycles. The van der Waals surface area contributed by atoms with Crippen molar-refractivity contribution in [3.05, 3.63) is 55.0 Å². The number of pyridine rings is 1. The van der Waals surface area contributed by atoms with E-state index in [9.17, 15) is 0 Å². The van der Waals surface area contributed by atoms with Gasteiger partial charge in [-0.05, 0) is 12.1 Å². The van der Waals surface area contributed by atoms with Crippen molar-refractivity contribution in [3.8, 4) is 11.3 Å². The van der Waals surface area contributed by atoms with Crippen LogP contribution in [0, 0.1) is 6.07 Å². The summed E-state index contributed by atoms with van der Waals surface area (Å²) in [5.74, 6) is 0.